The monoisotopic (exact) mass is 415 g/mol. The number of aryl methyl sites for hydroxylation is 1. The summed E-state index contributed by atoms with van der Waals surface area (Å²) in [5, 5.41) is 4.30. The van der Waals surface area contributed by atoms with Crippen molar-refractivity contribution >= 4 is 29.2 Å². The molecule has 4 aromatic rings. The van der Waals surface area contributed by atoms with Crippen molar-refractivity contribution in [3.05, 3.63) is 59.9 Å². The number of aromatic nitrogens is 4. The number of rotatable bonds is 5. The molecule has 1 saturated heterocycles. The van der Waals surface area contributed by atoms with Crippen molar-refractivity contribution in [3.63, 3.8) is 0 Å². The molecule has 1 aromatic carbocycles. The summed E-state index contributed by atoms with van der Waals surface area (Å²) in [5.41, 5.74) is 6.93. The van der Waals surface area contributed by atoms with Gasteiger partial charge < -0.3 is 14.1 Å². The van der Waals surface area contributed by atoms with Crippen molar-refractivity contribution in [2.75, 3.05) is 36.6 Å². The summed E-state index contributed by atoms with van der Waals surface area (Å²) in [4.78, 5) is 19.9. The molecule has 0 radical (unpaired) electrons. The molecule has 0 amide bonds. The van der Waals surface area contributed by atoms with Crippen LogP contribution in [0.25, 0.3) is 22.7 Å². The first-order valence-electron chi connectivity index (χ1n) is 10.0. The van der Waals surface area contributed by atoms with E-state index in [9.17, 15) is 0 Å². The molecule has 0 aliphatic carbocycles. The summed E-state index contributed by atoms with van der Waals surface area (Å²) >= 11 is 0. The highest BCUT2D eigenvalue weighted by Gasteiger charge is 2.22. The molecule has 1 aliphatic heterocycles. The average Bonchev–Trinajstić information content (AvgIpc) is 3.24. The van der Waals surface area contributed by atoms with Crippen LogP contribution >= 0.6 is 0 Å². The quantitative estimate of drug-likeness (QED) is 0.391. The second-order valence-corrected chi connectivity index (χ2v) is 7.16. The lowest BCUT2D eigenvalue weighted by Crippen LogP contribution is -2.37. The van der Waals surface area contributed by atoms with E-state index in [2.05, 4.69) is 35.4 Å². The Morgan fingerprint density at radius 2 is 1.90 bits per heavy atom. The Bertz CT molecular complexity index is 1220. The van der Waals surface area contributed by atoms with Gasteiger partial charge >= 0.3 is 0 Å². The molecule has 0 spiro atoms. The smallest absolute Gasteiger partial charge is 0.247 e. The van der Waals surface area contributed by atoms with Crippen molar-refractivity contribution in [2.45, 2.75) is 6.92 Å². The summed E-state index contributed by atoms with van der Waals surface area (Å²) < 4.78 is 11.6. The highest BCUT2D eigenvalue weighted by atomic mass is 16.5. The fraction of sp³-hybridized carbons (Fsp3) is 0.227. The molecule has 1 aliphatic rings. The minimum Gasteiger partial charge on any atom is -0.430 e. The van der Waals surface area contributed by atoms with E-state index in [1.807, 2.05) is 43.3 Å². The van der Waals surface area contributed by atoms with Gasteiger partial charge in [0.25, 0.3) is 0 Å². The number of hydrogen-bond donors (Lipinski definition) is 1. The molecular weight excluding hydrogens is 394 g/mol. The predicted octanol–water partition coefficient (Wildman–Crippen LogP) is 3.27. The van der Waals surface area contributed by atoms with Gasteiger partial charge in [-0.1, -0.05) is 29.8 Å². The van der Waals surface area contributed by atoms with Crippen LogP contribution in [0, 0.1) is 6.92 Å². The molecule has 0 bridgehead atoms. The van der Waals surface area contributed by atoms with Crippen LogP contribution in [0.3, 0.4) is 0 Å². The number of oxazole rings is 1. The van der Waals surface area contributed by atoms with Crippen molar-refractivity contribution in [3.8, 4) is 11.5 Å². The van der Waals surface area contributed by atoms with Crippen molar-refractivity contribution in [1.82, 2.24) is 19.9 Å². The van der Waals surface area contributed by atoms with Gasteiger partial charge in [0.15, 0.2) is 5.82 Å². The third kappa shape index (κ3) is 4.22. The van der Waals surface area contributed by atoms with Crippen LogP contribution in [-0.2, 0) is 4.74 Å². The maximum atomic E-state index is 6.07. The molecule has 1 fully saturated rings. The lowest BCUT2D eigenvalue weighted by molar-refractivity contribution is 0.122. The molecule has 4 heterocycles. The predicted molar refractivity (Wildman–Crippen MR) is 118 cm³/mol. The number of nitrogens with zero attached hydrogens (tertiary/aromatic N) is 6. The molecule has 31 heavy (non-hydrogen) atoms. The van der Waals surface area contributed by atoms with Crippen LogP contribution in [-0.4, -0.2) is 52.5 Å². The molecule has 9 nitrogen and oxygen atoms in total. The summed E-state index contributed by atoms with van der Waals surface area (Å²) in [6.07, 6.45) is 5.14. The highest BCUT2D eigenvalue weighted by Crippen LogP contribution is 2.30. The molecule has 0 atom stereocenters. The Morgan fingerprint density at radius 1 is 1.06 bits per heavy atom. The molecule has 0 saturated carbocycles. The Morgan fingerprint density at radius 3 is 2.71 bits per heavy atom. The Hall–Kier alpha value is -3.85. The maximum absolute atomic E-state index is 6.07. The van der Waals surface area contributed by atoms with Crippen molar-refractivity contribution < 1.29 is 9.15 Å². The number of benzene rings is 1. The van der Waals surface area contributed by atoms with Crippen LogP contribution < -0.4 is 10.3 Å². The van der Waals surface area contributed by atoms with Gasteiger partial charge in [-0.25, -0.2) is 5.43 Å². The van der Waals surface area contributed by atoms with E-state index in [0.29, 0.717) is 55.2 Å². The lowest BCUT2D eigenvalue weighted by atomic mass is 10.2. The SMILES string of the molecule is Cc1cccc(/C=N/Nc2nc(N3CCOCC3)c3oc(-c4ccncc4)nc3n2)c1. The van der Waals surface area contributed by atoms with Gasteiger partial charge in [-0.3, -0.25) is 4.98 Å². The second kappa shape index (κ2) is 8.49. The van der Waals surface area contributed by atoms with E-state index in [1.165, 1.54) is 5.56 Å². The topological polar surface area (TPSA) is 102 Å². The number of fused-ring (bicyclic) bond motifs is 1. The number of ether oxygens (including phenoxy) is 1. The van der Waals surface area contributed by atoms with E-state index in [-0.39, 0.29) is 0 Å². The van der Waals surface area contributed by atoms with E-state index >= 15 is 0 Å². The number of morpholine rings is 1. The van der Waals surface area contributed by atoms with Gasteiger partial charge in [0.1, 0.15) is 0 Å². The minimum absolute atomic E-state index is 0.354. The van der Waals surface area contributed by atoms with E-state index in [1.54, 1.807) is 18.6 Å². The number of pyridine rings is 1. The Kier molecular flexibility index (Phi) is 5.24. The zero-order chi connectivity index (χ0) is 21.0. The van der Waals surface area contributed by atoms with E-state index < -0.39 is 0 Å². The zero-order valence-electron chi connectivity index (χ0n) is 17.0. The fourth-order valence-electron chi connectivity index (χ4n) is 3.38. The second-order valence-electron chi connectivity index (χ2n) is 7.16. The van der Waals surface area contributed by atoms with Crippen LogP contribution in [0.15, 0.2) is 58.3 Å². The van der Waals surface area contributed by atoms with Gasteiger partial charge in [0.2, 0.25) is 23.1 Å². The van der Waals surface area contributed by atoms with Gasteiger partial charge in [-0.2, -0.15) is 20.1 Å². The van der Waals surface area contributed by atoms with Crippen LogP contribution in [0.1, 0.15) is 11.1 Å². The first-order valence-corrected chi connectivity index (χ1v) is 10.0. The normalized spacial score (nSPS) is 14.4. The molecule has 3 aromatic heterocycles. The largest absolute Gasteiger partial charge is 0.430 e. The van der Waals surface area contributed by atoms with Crippen LogP contribution in [0.4, 0.5) is 11.8 Å². The van der Waals surface area contributed by atoms with E-state index in [0.717, 1.165) is 11.1 Å². The summed E-state index contributed by atoms with van der Waals surface area (Å²) in [6.45, 7) is 4.73. The van der Waals surface area contributed by atoms with Gasteiger partial charge in [0, 0.05) is 31.0 Å². The molecule has 156 valence electrons. The number of anilines is 2. The van der Waals surface area contributed by atoms with Gasteiger partial charge in [0.05, 0.1) is 19.4 Å². The summed E-state index contributed by atoms with van der Waals surface area (Å²) in [5.74, 6) is 1.50. The third-order valence-corrected chi connectivity index (χ3v) is 4.89. The molecule has 0 unspecified atom stereocenters. The van der Waals surface area contributed by atoms with Gasteiger partial charge in [-0.05, 0) is 24.6 Å². The maximum Gasteiger partial charge on any atom is 0.247 e. The lowest BCUT2D eigenvalue weighted by Gasteiger charge is -2.27. The molecule has 1 N–H and O–H groups in total. The standard InChI is InChI=1S/C22H21N7O2/c1-15-3-2-4-16(13-15)14-24-28-22-26-19-18(20(27-22)29-9-11-30-12-10-29)31-21(25-19)17-5-7-23-8-6-17/h2-8,13-14H,9-12H2,1H3,(H,26,27,28)/b24-14+. The van der Waals surface area contributed by atoms with Crippen molar-refractivity contribution in [1.29, 1.82) is 0 Å². The first-order chi connectivity index (χ1) is 15.3. The molecular formula is C22H21N7O2. The number of hydrogen-bond acceptors (Lipinski definition) is 9. The minimum atomic E-state index is 0.354. The summed E-state index contributed by atoms with van der Waals surface area (Å²) in [7, 11) is 0. The zero-order valence-corrected chi connectivity index (χ0v) is 17.0. The number of hydrazone groups is 1. The summed E-state index contributed by atoms with van der Waals surface area (Å²) in [6, 6.07) is 11.8. The third-order valence-electron chi connectivity index (χ3n) is 4.89. The average molecular weight is 415 g/mol. The number of nitrogens with one attached hydrogen (secondary N) is 1. The van der Waals surface area contributed by atoms with Gasteiger partial charge in [-0.15, -0.1) is 0 Å². The van der Waals surface area contributed by atoms with Crippen molar-refractivity contribution in [2.24, 2.45) is 5.10 Å². The van der Waals surface area contributed by atoms with Crippen LogP contribution in [0.5, 0.6) is 0 Å². The van der Waals surface area contributed by atoms with E-state index in [4.69, 9.17) is 9.15 Å². The molecule has 5 rings (SSSR count). The Labute approximate surface area is 178 Å². The highest BCUT2D eigenvalue weighted by molar-refractivity contribution is 5.85. The first kappa shape index (κ1) is 19.1. The molecule has 9 heteroatoms. The van der Waals surface area contributed by atoms with Crippen LogP contribution in [0.2, 0.25) is 0 Å². The Balaban J connectivity index is 1.50. The fourth-order valence-corrected chi connectivity index (χ4v) is 3.38.